The number of aryl methyl sites for hydroxylation is 1. The Morgan fingerprint density at radius 1 is 1.12 bits per heavy atom. The van der Waals surface area contributed by atoms with Crippen molar-refractivity contribution in [3.63, 3.8) is 0 Å². The maximum atomic E-state index is 12.0. The predicted molar refractivity (Wildman–Crippen MR) is 98.8 cm³/mol. The number of anilines is 1. The monoisotopic (exact) mass is 339 g/mol. The van der Waals surface area contributed by atoms with Crippen LogP contribution in [-0.4, -0.2) is 27.7 Å². The Morgan fingerprint density at radius 3 is 2.76 bits per heavy atom. The lowest BCUT2D eigenvalue weighted by molar-refractivity contribution is 0.393. The zero-order valence-corrected chi connectivity index (χ0v) is 14.3. The second-order valence-corrected chi connectivity index (χ2v) is 7.33. The molecule has 5 N–H and O–H groups in total. The average molecular weight is 339 g/mol. The summed E-state index contributed by atoms with van der Waals surface area (Å²) >= 11 is 0. The van der Waals surface area contributed by atoms with Gasteiger partial charge in [-0.1, -0.05) is 6.07 Å². The predicted octanol–water partition coefficient (Wildman–Crippen LogP) is 1.14. The molecule has 0 aliphatic heterocycles. The molecular weight excluding hydrogens is 314 g/mol. The van der Waals surface area contributed by atoms with Gasteiger partial charge >= 0.3 is 5.69 Å². The van der Waals surface area contributed by atoms with Crippen molar-refractivity contribution in [3.8, 4) is 5.69 Å². The third-order valence-corrected chi connectivity index (χ3v) is 5.47. The van der Waals surface area contributed by atoms with Gasteiger partial charge in [0.2, 0.25) is 0 Å². The zero-order chi connectivity index (χ0) is 17.4. The molecule has 2 aromatic rings. The van der Waals surface area contributed by atoms with E-state index in [2.05, 4.69) is 22.4 Å². The molecule has 6 nitrogen and oxygen atoms in total. The van der Waals surface area contributed by atoms with Crippen molar-refractivity contribution in [3.05, 3.63) is 52.1 Å². The molecule has 1 aromatic carbocycles. The summed E-state index contributed by atoms with van der Waals surface area (Å²) in [6.45, 7) is 0. The van der Waals surface area contributed by atoms with Gasteiger partial charge in [-0.2, -0.15) is 4.98 Å². The summed E-state index contributed by atoms with van der Waals surface area (Å²) in [4.78, 5) is 15.8. The molecule has 3 atom stereocenters. The first kappa shape index (κ1) is 16.3. The normalized spacial score (nSPS) is 25.7. The van der Waals surface area contributed by atoms with Crippen LogP contribution >= 0.6 is 0 Å². The van der Waals surface area contributed by atoms with Crippen LogP contribution in [0.4, 0.5) is 5.82 Å². The largest absolute Gasteiger partial charge is 0.383 e. The van der Waals surface area contributed by atoms with Crippen molar-refractivity contribution >= 4 is 5.82 Å². The highest BCUT2D eigenvalue weighted by molar-refractivity contribution is 5.43. The van der Waals surface area contributed by atoms with Gasteiger partial charge in [0.25, 0.3) is 0 Å². The van der Waals surface area contributed by atoms with E-state index in [9.17, 15) is 4.79 Å². The summed E-state index contributed by atoms with van der Waals surface area (Å²) in [5.41, 5.74) is 14.8. The number of nitrogen functional groups attached to an aromatic ring is 1. The Balaban J connectivity index is 1.50. The van der Waals surface area contributed by atoms with E-state index in [-0.39, 0.29) is 11.5 Å². The van der Waals surface area contributed by atoms with Gasteiger partial charge in [-0.05, 0) is 67.9 Å². The Bertz CT molecular complexity index is 831. The highest BCUT2D eigenvalue weighted by Gasteiger charge is 2.26. The second kappa shape index (κ2) is 6.61. The standard InChI is InChI=1S/C19H25N5O/c20-14-3-5-16(11-14)22-15-4-1-13-10-17(6-2-12(13)9-15)24-8-7-18(21)23-19(24)25/h2,6-8,10,14-16,22H,1,3-5,9,11,20H2,(H2,21,23,25)/t14-,15?,16-/m1/s1. The van der Waals surface area contributed by atoms with Crippen LogP contribution in [0.5, 0.6) is 0 Å². The number of nitrogens with two attached hydrogens (primary N) is 2. The van der Waals surface area contributed by atoms with E-state index in [1.165, 1.54) is 17.5 Å². The van der Waals surface area contributed by atoms with Crippen molar-refractivity contribution in [2.45, 2.75) is 56.7 Å². The summed E-state index contributed by atoms with van der Waals surface area (Å²) in [7, 11) is 0. The third-order valence-electron chi connectivity index (χ3n) is 5.47. The third kappa shape index (κ3) is 3.45. The quantitative estimate of drug-likeness (QED) is 0.779. The topological polar surface area (TPSA) is 99.0 Å². The van der Waals surface area contributed by atoms with Crippen LogP contribution in [-0.2, 0) is 12.8 Å². The van der Waals surface area contributed by atoms with Crippen LogP contribution in [0.3, 0.4) is 0 Å². The van der Waals surface area contributed by atoms with Crippen LogP contribution in [0.15, 0.2) is 35.3 Å². The highest BCUT2D eigenvalue weighted by Crippen LogP contribution is 2.26. The minimum atomic E-state index is -0.340. The van der Waals surface area contributed by atoms with Crippen LogP contribution in [0, 0.1) is 0 Å². The van der Waals surface area contributed by atoms with E-state index in [1.54, 1.807) is 16.8 Å². The lowest BCUT2D eigenvalue weighted by atomic mass is 9.87. The van der Waals surface area contributed by atoms with Gasteiger partial charge in [0.05, 0.1) is 5.69 Å². The minimum absolute atomic E-state index is 0.250. The van der Waals surface area contributed by atoms with E-state index in [0.717, 1.165) is 37.8 Å². The van der Waals surface area contributed by atoms with Crippen molar-refractivity contribution in [2.24, 2.45) is 5.73 Å². The van der Waals surface area contributed by atoms with E-state index in [1.807, 2.05) is 6.07 Å². The van der Waals surface area contributed by atoms with Gasteiger partial charge in [0.1, 0.15) is 5.82 Å². The first-order chi connectivity index (χ1) is 12.1. The molecule has 0 amide bonds. The lowest BCUT2D eigenvalue weighted by Crippen LogP contribution is -2.41. The summed E-state index contributed by atoms with van der Waals surface area (Å²) in [5, 5.41) is 3.79. The van der Waals surface area contributed by atoms with Crippen LogP contribution in [0.1, 0.15) is 36.8 Å². The number of fused-ring (bicyclic) bond motifs is 1. The molecule has 2 aliphatic rings. The maximum Gasteiger partial charge on any atom is 0.354 e. The molecule has 0 bridgehead atoms. The molecule has 132 valence electrons. The SMILES string of the molecule is Nc1ccn(-c2ccc3c(c2)CCC(N[C@@H]2CC[C@@H](N)C2)C3)c(=O)n1. The van der Waals surface area contributed by atoms with Crippen molar-refractivity contribution in [2.75, 3.05) is 5.73 Å². The van der Waals surface area contributed by atoms with Crippen molar-refractivity contribution in [1.29, 1.82) is 0 Å². The molecule has 0 spiro atoms. The molecular formula is C19H25N5O. The summed E-state index contributed by atoms with van der Waals surface area (Å²) < 4.78 is 1.54. The molecule has 6 heteroatoms. The number of benzene rings is 1. The van der Waals surface area contributed by atoms with E-state index < -0.39 is 0 Å². The fourth-order valence-corrected chi connectivity index (χ4v) is 4.15. The van der Waals surface area contributed by atoms with E-state index >= 15 is 0 Å². The first-order valence-corrected chi connectivity index (χ1v) is 9.07. The summed E-state index contributed by atoms with van der Waals surface area (Å²) in [5.74, 6) is 0.250. The van der Waals surface area contributed by atoms with Crippen molar-refractivity contribution in [1.82, 2.24) is 14.9 Å². The van der Waals surface area contributed by atoms with Gasteiger partial charge in [0.15, 0.2) is 0 Å². The molecule has 0 radical (unpaired) electrons. The van der Waals surface area contributed by atoms with Gasteiger partial charge in [-0.15, -0.1) is 0 Å². The van der Waals surface area contributed by atoms with E-state index in [0.29, 0.717) is 18.1 Å². The van der Waals surface area contributed by atoms with Crippen LogP contribution in [0.25, 0.3) is 5.69 Å². The van der Waals surface area contributed by atoms with Crippen LogP contribution in [0.2, 0.25) is 0 Å². The van der Waals surface area contributed by atoms with Gasteiger partial charge in [-0.3, -0.25) is 4.57 Å². The molecule has 1 unspecified atom stereocenters. The fourth-order valence-electron chi connectivity index (χ4n) is 4.15. The molecule has 25 heavy (non-hydrogen) atoms. The maximum absolute atomic E-state index is 12.0. The molecule has 0 saturated heterocycles. The molecule has 2 aliphatic carbocycles. The summed E-state index contributed by atoms with van der Waals surface area (Å²) in [6, 6.07) is 9.34. The summed E-state index contributed by atoms with van der Waals surface area (Å²) in [6.07, 6.45) is 8.29. The number of nitrogens with zero attached hydrogens (tertiary/aromatic N) is 2. The number of nitrogens with one attached hydrogen (secondary N) is 1. The Labute approximate surface area is 147 Å². The number of hydrogen-bond donors (Lipinski definition) is 3. The number of hydrogen-bond acceptors (Lipinski definition) is 5. The fraction of sp³-hybridized carbons (Fsp3) is 0.474. The molecule has 1 saturated carbocycles. The van der Waals surface area contributed by atoms with Crippen LogP contribution < -0.4 is 22.5 Å². The molecule has 4 rings (SSSR count). The molecule has 1 aromatic heterocycles. The second-order valence-electron chi connectivity index (χ2n) is 7.33. The van der Waals surface area contributed by atoms with Gasteiger partial charge in [0, 0.05) is 24.3 Å². The van der Waals surface area contributed by atoms with Gasteiger partial charge < -0.3 is 16.8 Å². The smallest absolute Gasteiger partial charge is 0.354 e. The Hall–Kier alpha value is -2.18. The Kier molecular flexibility index (Phi) is 4.31. The number of aromatic nitrogens is 2. The first-order valence-electron chi connectivity index (χ1n) is 9.07. The van der Waals surface area contributed by atoms with Gasteiger partial charge in [-0.25, -0.2) is 4.79 Å². The zero-order valence-electron chi connectivity index (χ0n) is 14.3. The average Bonchev–Trinajstić information content (AvgIpc) is 2.99. The molecule has 1 heterocycles. The number of rotatable bonds is 3. The lowest BCUT2D eigenvalue weighted by Gasteiger charge is -2.28. The minimum Gasteiger partial charge on any atom is -0.383 e. The van der Waals surface area contributed by atoms with E-state index in [4.69, 9.17) is 11.5 Å². The van der Waals surface area contributed by atoms with Crippen molar-refractivity contribution < 1.29 is 0 Å². The highest BCUT2D eigenvalue weighted by atomic mass is 16.1. The Morgan fingerprint density at radius 2 is 2.00 bits per heavy atom. The molecule has 1 fully saturated rings.